The molecule has 0 atom stereocenters. The first-order valence-corrected chi connectivity index (χ1v) is 11.6. The molecule has 0 saturated carbocycles. The molecule has 0 unspecified atom stereocenters. The molecule has 7 heteroatoms. The summed E-state index contributed by atoms with van der Waals surface area (Å²) in [4.78, 5) is 33.6. The van der Waals surface area contributed by atoms with Gasteiger partial charge in [-0.05, 0) is 62.8 Å². The first-order chi connectivity index (χ1) is 16.5. The number of hydrogen-bond donors (Lipinski definition) is 2. The molecule has 2 amide bonds. The molecular formula is C27H31N5O2. The molecule has 4 rings (SSSR count). The van der Waals surface area contributed by atoms with Crippen LogP contribution >= 0.6 is 0 Å². The van der Waals surface area contributed by atoms with Crippen molar-refractivity contribution in [2.24, 2.45) is 0 Å². The molecule has 0 saturated heterocycles. The van der Waals surface area contributed by atoms with Crippen LogP contribution in [0.25, 0.3) is 11.1 Å². The van der Waals surface area contributed by atoms with E-state index in [-0.39, 0.29) is 18.4 Å². The molecule has 7 nitrogen and oxygen atoms in total. The lowest BCUT2D eigenvalue weighted by molar-refractivity contribution is -0.117. The highest BCUT2D eigenvalue weighted by atomic mass is 16.2. The average molecular weight is 458 g/mol. The van der Waals surface area contributed by atoms with Gasteiger partial charge in [0, 0.05) is 23.9 Å². The van der Waals surface area contributed by atoms with E-state index in [2.05, 4.69) is 20.5 Å². The largest absolute Gasteiger partial charge is 0.359 e. The highest BCUT2D eigenvalue weighted by Crippen LogP contribution is 2.33. The molecule has 2 heterocycles. The van der Waals surface area contributed by atoms with Gasteiger partial charge in [0.05, 0.1) is 18.8 Å². The SMILES string of the molecule is CN(C)CCCCNC(=O)c1ccc(-c2cnc3c(c2)N(Cc2ccccc2)C(=O)CN3)cc1. The van der Waals surface area contributed by atoms with Crippen molar-refractivity contribution in [3.63, 3.8) is 0 Å². The number of pyridine rings is 1. The van der Waals surface area contributed by atoms with Crippen LogP contribution in [0.4, 0.5) is 11.5 Å². The van der Waals surface area contributed by atoms with E-state index in [0.717, 1.165) is 41.8 Å². The van der Waals surface area contributed by atoms with Gasteiger partial charge in [-0.3, -0.25) is 9.59 Å². The van der Waals surface area contributed by atoms with Crippen molar-refractivity contribution in [2.75, 3.05) is 43.9 Å². The molecular weight excluding hydrogens is 426 g/mol. The van der Waals surface area contributed by atoms with E-state index in [0.29, 0.717) is 24.5 Å². The highest BCUT2D eigenvalue weighted by Gasteiger charge is 2.25. The maximum atomic E-state index is 12.7. The van der Waals surface area contributed by atoms with E-state index in [1.165, 1.54) is 0 Å². The number of rotatable bonds is 9. The second-order valence-electron chi connectivity index (χ2n) is 8.75. The Morgan fingerprint density at radius 2 is 1.82 bits per heavy atom. The third-order valence-electron chi connectivity index (χ3n) is 5.85. The molecule has 1 aromatic heterocycles. The number of nitrogens with one attached hydrogen (secondary N) is 2. The number of carbonyl (C=O) groups excluding carboxylic acids is 2. The molecule has 1 aliphatic rings. The first-order valence-electron chi connectivity index (χ1n) is 11.6. The fraction of sp³-hybridized carbons (Fsp3) is 0.296. The predicted molar refractivity (Wildman–Crippen MR) is 136 cm³/mol. The van der Waals surface area contributed by atoms with Crippen LogP contribution in [0.15, 0.2) is 66.9 Å². The number of unbranched alkanes of at least 4 members (excludes halogenated alkanes) is 1. The van der Waals surface area contributed by atoms with Crippen LogP contribution in [0.5, 0.6) is 0 Å². The lowest BCUT2D eigenvalue weighted by Crippen LogP contribution is -2.39. The number of fused-ring (bicyclic) bond motifs is 1. The molecule has 3 aromatic rings. The molecule has 176 valence electrons. The number of nitrogens with zero attached hydrogens (tertiary/aromatic N) is 3. The van der Waals surface area contributed by atoms with Crippen LogP contribution < -0.4 is 15.5 Å². The quantitative estimate of drug-likeness (QED) is 0.478. The van der Waals surface area contributed by atoms with Gasteiger partial charge < -0.3 is 20.4 Å². The van der Waals surface area contributed by atoms with Crippen LogP contribution in [0.2, 0.25) is 0 Å². The minimum Gasteiger partial charge on any atom is -0.359 e. The number of carbonyl (C=O) groups is 2. The summed E-state index contributed by atoms with van der Waals surface area (Å²) in [5.74, 6) is 0.640. The number of hydrogen-bond acceptors (Lipinski definition) is 5. The van der Waals surface area contributed by atoms with E-state index in [9.17, 15) is 9.59 Å². The Hall–Kier alpha value is -3.71. The van der Waals surface area contributed by atoms with Crippen LogP contribution in [-0.2, 0) is 11.3 Å². The van der Waals surface area contributed by atoms with Gasteiger partial charge in [0.25, 0.3) is 5.91 Å². The molecule has 0 spiro atoms. The fourth-order valence-corrected chi connectivity index (χ4v) is 3.95. The number of benzene rings is 2. The van der Waals surface area contributed by atoms with Gasteiger partial charge in [-0.1, -0.05) is 42.5 Å². The van der Waals surface area contributed by atoms with Gasteiger partial charge in [0.2, 0.25) is 5.91 Å². The maximum Gasteiger partial charge on any atom is 0.251 e. The summed E-state index contributed by atoms with van der Waals surface area (Å²) >= 11 is 0. The zero-order valence-corrected chi connectivity index (χ0v) is 19.8. The van der Waals surface area contributed by atoms with E-state index in [1.807, 2.05) is 74.8 Å². The van der Waals surface area contributed by atoms with Crippen LogP contribution in [-0.4, -0.2) is 55.4 Å². The van der Waals surface area contributed by atoms with E-state index >= 15 is 0 Å². The lowest BCUT2D eigenvalue weighted by Gasteiger charge is -2.30. The van der Waals surface area contributed by atoms with Crippen molar-refractivity contribution < 1.29 is 9.59 Å². The Bertz CT molecular complexity index is 1130. The summed E-state index contributed by atoms with van der Waals surface area (Å²) in [6, 6.07) is 19.4. The summed E-state index contributed by atoms with van der Waals surface area (Å²) < 4.78 is 0. The summed E-state index contributed by atoms with van der Waals surface area (Å²) in [6.07, 6.45) is 3.80. The summed E-state index contributed by atoms with van der Waals surface area (Å²) in [5, 5.41) is 6.09. The van der Waals surface area contributed by atoms with E-state index < -0.39 is 0 Å². The van der Waals surface area contributed by atoms with Crippen molar-refractivity contribution in [1.29, 1.82) is 0 Å². The molecule has 1 aliphatic heterocycles. The minimum absolute atomic E-state index is 0.00732. The van der Waals surface area contributed by atoms with Crippen LogP contribution in [0, 0.1) is 0 Å². The van der Waals surface area contributed by atoms with Gasteiger partial charge in [-0.15, -0.1) is 0 Å². The van der Waals surface area contributed by atoms with Crippen molar-refractivity contribution in [1.82, 2.24) is 15.2 Å². The highest BCUT2D eigenvalue weighted by molar-refractivity contribution is 6.02. The monoisotopic (exact) mass is 457 g/mol. The van der Waals surface area contributed by atoms with Crippen molar-refractivity contribution in [3.8, 4) is 11.1 Å². The molecule has 34 heavy (non-hydrogen) atoms. The topological polar surface area (TPSA) is 77.6 Å². The average Bonchev–Trinajstić information content (AvgIpc) is 2.86. The van der Waals surface area contributed by atoms with Crippen molar-refractivity contribution in [3.05, 3.63) is 78.0 Å². The van der Waals surface area contributed by atoms with Gasteiger partial charge in [-0.2, -0.15) is 0 Å². The Morgan fingerprint density at radius 1 is 1.06 bits per heavy atom. The van der Waals surface area contributed by atoms with Crippen LogP contribution in [0.1, 0.15) is 28.8 Å². The molecule has 0 aliphatic carbocycles. The number of amides is 2. The Morgan fingerprint density at radius 3 is 2.56 bits per heavy atom. The van der Waals surface area contributed by atoms with Gasteiger partial charge in [-0.25, -0.2) is 4.98 Å². The Balaban J connectivity index is 1.45. The van der Waals surface area contributed by atoms with Crippen molar-refractivity contribution >= 4 is 23.3 Å². The second-order valence-corrected chi connectivity index (χ2v) is 8.75. The molecule has 2 aromatic carbocycles. The summed E-state index contributed by atoms with van der Waals surface area (Å²) in [7, 11) is 4.10. The van der Waals surface area contributed by atoms with Gasteiger partial charge in [0.15, 0.2) is 5.82 Å². The van der Waals surface area contributed by atoms with E-state index in [4.69, 9.17) is 0 Å². The number of aromatic nitrogens is 1. The third-order valence-corrected chi connectivity index (χ3v) is 5.85. The van der Waals surface area contributed by atoms with Gasteiger partial charge >= 0.3 is 0 Å². The molecule has 0 radical (unpaired) electrons. The number of anilines is 2. The Labute approximate surface area is 200 Å². The summed E-state index contributed by atoms with van der Waals surface area (Å²) in [6.45, 7) is 2.41. The zero-order chi connectivity index (χ0) is 23.9. The van der Waals surface area contributed by atoms with Crippen molar-refractivity contribution in [2.45, 2.75) is 19.4 Å². The predicted octanol–water partition coefficient (Wildman–Crippen LogP) is 3.78. The standard InChI is InChI=1S/C27H31N5O2/c1-31(2)15-7-6-14-28-27(34)22-12-10-21(11-13-22)23-16-24-26(29-17-23)30-18-25(33)32(24)19-20-8-4-3-5-9-20/h3-5,8-13,16-17H,6-7,14-15,18-19H2,1-2H3,(H,28,34)(H,29,30). The smallest absolute Gasteiger partial charge is 0.251 e. The van der Waals surface area contributed by atoms with Gasteiger partial charge in [0.1, 0.15) is 0 Å². The zero-order valence-electron chi connectivity index (χ0n) is 19.8. The van der Waals surface area contributed by atoms with E-state index in [1.54, 1.807) is 11.1 Å². The van der Waals surface area contributed by atoms with Crippen LogP contribution in [0.3, 0.4) is 0 Å². The molecule has 0 bridgehead atoms. The Kier molecular flexibility index (Phi) is 7.54. The molecule has 0 fully saturated rings. The third kappa shape index (κ3) is 5.80. The molecule has 2 N–H and O–H groups in total. The summed E-state index contributed by atoms with van der Waals surface area (Å²) in [5.41, 5.74) is 4.28. The normalized spacial score (nSPS) is 12.9. The minimum atomic E-state index is -0.0659. The first kappa shape index (κ1) is 23.4. The lowest BCUT2D eigenvalue weighted by atomic mass is 10.0. The maximum absolute atomic E-state index is 12.7. The fourth-order valence-electron chi connectivity index (χ4n) is 3.95. The second kappa shape index (κ2) is 10.9.